The number of hydrogen-bond donors (Lipinski definition) is 1. The summed E-state index contributed by atoms with van der Waals surface area (Å²) in [6, 6.07) is 31.5. The molecule has 0 radical (unpaired) electrons. The zero-order valence-electron chi connectivity index (χ0n) is 31.1. The van der Waals surface area contributed by atoms with Crippen molar-refractivity contribution in [3.05, 3.63) is 124 Å². The minimum Gasteiger partial charge on any atom is -0.492 e. The summed E-state index contributed by atoms with van der Waals surface area (Å²) in [7, 11) is 3.35. The van der Waals surface area contributed by atoms with Crippen LogP contribution in [0.1, 0.15) is 68.4 Å². The lowest BCUT2D eigenvalue weighted by Gasteiger charge is -2.31. The third-order valence-electron chi connectivity index (χ3n) is 9.00. The molecule has 276 valence electrons. The minimum atomic E-state index is -1.06. The molecule has 0 aromatic heterocycles. The van der Waals surface area contributed by atoms with E-state index in [4.69, 9.17) is 25.8 Å². The predicted octanol–water partition coefficient (Wildman–Crippen LogP) is 8.26. The van der Waals surface area contributed by atoms with Crippen LogP contribution in [0.5, 0.6) is 11.5 Å². The van der Waals surface area contributed by atoms with E-state index in [1.807, 2.05) is 66.7 Å². The molecule has 1 aliphatic heterocycles. The fourth-order valence-electron chi connectivity index (χ4n) is 6.48. The van der Waals surface area contributed by atoms with Crippen molar-refractivity contribution in [2.45, 2.75) is 65.2 Å². The molecule has 1 heterocycles. The highest BCUT2D eigenvalue weighted by Crippen LogP contribution is 2.45. The molecule has 1 aliphatic rings. The van der Waals surface area contributed by atoms with Gasteiger partial charge in [-0.3, -0.25) is 9.59 Å². The number of rotatable bonds is 16. The van der Waals surface area contributed by atoms with E-state index in [2.05, 4.69) is 50.4 Å². The molecule has 52 heavy (non-hydrogen) atoms. The number of carbonyl (C=O) groups is 2. The van der Waals surface area contributed by atoms with Gasteiger partial charge in [-0.25, -0.2) is 0 Å². The standard InChI is InChI=1S/C43H52ClN3O5/c1-43(2,3)30-47-36-23-22-33(44)27-35(36)40(52-38(42(47)49)28-39(48)46(4)29-32-17-10-7-11-18-32)34-20-12-21-37(41(34)50-5)51-26-14-25-45-24-13-19-31-15-8-6-9-16-31/h6-12,15-18,20-23,27,38,40,45H,13-14,19,24-26,28-30H2,1-5H3/t38-,40-/m1/s1. The molecule has 0 fully saturated rings. The number of amides is 2. The second-order valence-corrected chi connectivity index (χ2v) is 15.0. The lowest BCUT2D eigenvalue weighted by molar-refractivity contribution is -0.142. The maximum Gasteiger partial charge on any atom is 0.256 e. The highest BCUT2D eigenvalue weighted by Gasteiger charge is 2.40. The molecular formula is C43H52ClN3O5. The number of nitrogens with one attached hydrogen (secondary N) is 1. The van der Waals surface area contributed by atoms with Gasteiger partial charge in [0.25, 0.3) is 5.91 Å². The van der Waals surface area contributed by atoms with Crippen LogP contribution in [0, 0.1) is 5.41 Å². The highest BCUT2D eigenvalue weighted by molar-refractivity contribution is 6.30. The molecular weight excluding hydrogens is 674 g/mol. The Labute approximate surface area is 314 Å². The molecule has 4 aromatic carbocycles. The van der Waals surface area contributed by atoms with Gasteiger partial charge in [0, 0.05) is 42.0 Å². The number of halogens is 1. The third kappa shape index (κ3) is 10.6. The van der Waals surface area contributed by atoms with Crippen LogP contribution in [-0.4, -0.2) is 63.2 Å². The number of benzene rings is 4. The Hall–Kier alpha value is -4.37. The van der Waals surface area contributed by atoms with E-state index in [9.17, 15) is 9.59 Å². The van der Waals surface area contributed by atoms with Crippen molar-refractivity contribution in [3.63, 3.8) is 0 Å². The topological polar surface area (TPSA) is 80.3 Å². The molecule has 0 aliphatic carbocycles. The second kappa shape index (κ2) is 18.4. The van der Waals surface area contributed by atoms with Crippen molar-refractivity contribution in [2.24, 2.45) is 5.41 Å². The van der Waals surface area contributed by atoms with E-state index in [-0.39, 0.29) is 23.7 Å². The molecule has 2 atom stereocenters. The summed E-state index contributed by atoms with van der Waals surface area (Å²) in [6.07, 6.45) is 0.965. The Kier molecular flexibility index (Phi) is 13.8. The molecule has 0 saturated heterocycles. The van der Waals surface area contributed by atoms with Crippen molar-refractivity contribution in [1.29, 1.82) is 0 Å². The van der Waals surface area contributed by atoms with Gasteiger partial charge in [0.1, 0.15) is 12.2 Å². The number of para-hydroxylation sites is 1. The zero-order chi connectivity index (χ0) is 37.1. The number of ether oxygens (including phenoxy) is 3. The highest BCUT2D eigenvalue weighted by atomic mass is 35.5. The van der Waals surface area contributed by atoms with Crippen molar-refractivity contribution in [2.75, 3.05) is 45.3 Å². The van der Waals surface area contributed by atoms with Crippen LogP contribution in [-0.2, 0) is 27.3 Å². The smallest absolute Gasteiger partial charge is 0.256 e. The lowest BCUT2D eigenvalue weighted by Crippen LogP contribution is -2.45. The van der Waals surface area contributed by atoms with Crippen LogP contribution >= 0.6 is 11.6 Å². The normalized spacial score (nSPS) is 15.9. The first kappa shape index (κ1) is 38.9. The monoisotopic (exact) mass is 725 g/mol. The van der Waals surface area contributed by atoms with Gasteiger partial charge in [0.05, 0.1) is 20.1 Å². The van der Waals surface area contributed by atoms with Crippen molar-refractivity contribution in [1.82, 2.24) is 10.2 Å². The first-order valence-corrected chi connectivity index (χ1v) is 18.5. The Bertz CT molecular complexity index is 1760. The van der Waals surface area contributed by atoms with E-state index >= 15 is 0 Å². The van der Waals surface area contributed by atoms with Gasteiger partial charge < -0.3 is 29.3 Å². The third-order valence-corrected chi connectivity index (χ3v) is 9.23. The summed E-state index contributed by atoms with van der Waals surface area (Å²) in [6.45, 7) is 9.33. The average Bonchev–Trinajstić information content (AvgIpc) is 3.23. The van der Waals surface area contributed by atoms with Crippen LogP contribution in [0.2, 0.25) is 5.02 Å². The molecule has 5 rings (SSSR count). The Morgan fingerprint density at radius 3 is 2.29 bits per heavy atom. The number of hydrogen-bond acceptors (Lipinski definition) is 6. The summed E-state index contributed by atoms with van der Waals surface area (Å²) >= 11 is 6.62. The van der Waals surface area contributed by atoms with Crippen molar-refractivity contribution in [3.8, 4) is 11.5 Å². The molecule has 1 N–H and O–H groups in total. The maximum absolute atomic E-state index is 14.5. The van der Waals surface area contributed by atoms with Crippen LogP contribution in [0.3, 0.4) is 0 Å². The van der Waals surface area contributed by atoms with Gasteiger partial charge >= 0.3 is 0 Å². The largest absolute Gasteiger partial charge is 0.492 e. The fourth-order valence-corrected chi connectivity index (χ4v) is 6.66. The van der Waals surface area contributed by atoms with E-state index in [1.165, 1.54) is 5.56 Å². The number of anilines is 1. The Morgan fingerprint density at radius 2 is 1.60 bits per heavy atom. The molecule has 4 aromatic rings. The summed E-state index contributed by atoms with van der Waals surface area (Å²) in [5.41, 5.74) is 4.19. The number of nitrogens with zero attached hydrogens (tertiary/aromatic N) is 2. The van der Waals surface area contributed by atoms with Gasteiger partial charge in [-0.15, -0.1) is 0 Å². The maximum atomic E-state index is 14.5. The van der Waals surface area contributed by atoms with Gasteiger partial charge in [0.2, 0.25) is 5.91 Å². The van der Waals surface area contributed by atoms with Gasteiger partial charge in [-0.1, -0.05) is 105 Å². The van der Waals surface area contributed by atoms with Crippen LogP contribution < -0.4 is 19.7 Å². The quantitative estimate of drug-likeness (QED) is 0.117. The molecule has 9 heteroatoms. The first-order chi connectivity index (χ1) is 25.0. The Balaban J connectivity index is 1.36. The fraction of sp³-hybridized carbons (Fsp3) is 0.395. The number of fused-ring (bicyclic) bond motifs is 1. The summed E-state index contributed by atoms with van der Waals surface area (Å²) < 4.78 is 19.1. The number of aryl methyl sites for hydroxylation is 1. The van der Waals surface area contributed by atoms with E-state index in [0.717, 1.165) is 37.9 Å². The molecule has 8 nitrogen and oxygen atoms in total. The van der Waals surface area contributed by atoms with Crippen molar-refractivity contribution >= 4 is 29.1 Å². The van der Waals surface area contributed by atoms with Gasteiger partial charge in [-0.05, 0) is 73.2 Å². The lowest BCUT2D eigenvalue weighted by atomic mass is 9.94. The van der Waals surface area contributed by atoms with Crippen LogP contribution in [0.15, 0.2) is 97.1 Å². The van der Waals surface area contributed by atoms with Crippen LogP contribution in [0.4, 0.5) is 5.69 Å². The molecule has 2 amide bonds. The van der Waals surface area contributed by atoms with E-state index < -0.39 is 12.2 Å². The van der Waals surface area contributed by atoms with Gasteiger partial charge in [0.15, 0.2) is 11.5 Å². The molecule has 0 spiro atoms. The number of carbonyl (C=O) groups excluding carboxylic acids is 2. The van der Waals surface area contributed by atoms with Crippen molar-refractivity contribution < 1.29 is 23.8 Å². The zero-order valence-corrected chi connectivity index (χ0v) is 31.8. The predicted molar refractivity (Wildman–Crippen MR) is 208 cm³/mol. The first-order valence-electron chi connectivity index (χ1n) is 18.1. The number of methoxy groups -OCH3 is 1. The Morgan fingerprint density at radius 1 is 0.904 bits per heavy atom. The second-order valence-electron chi connectivity index (χ2n) is 14.6. The molecule has 0 unspecified atom stereocenters. The molecule has 0 saturated carbocycles. The minimum absolute atomic E-state index is 0.127. The summed E-state index contributed by atoms with van der Waals surface area (Å²) in [5.74, 6) is 0.620. The average molecular weight is 726 g/mol. The molecule has 0 bridgehead atoms. The van der Waals surface area contributed by atoms with E-state index in [1.54, 1.807) is 30.0 Å². The summed E-state index contributed by atoms with van der Waals surface area (Å²) in [5, 5.41) is 4.02. The van der Waals surface area contributed by atoms with E-state index in [0.29, 0.717) is 53.0 Å². The summed E-state index contributed by atoms with van der Waals surface area (Å²) in [4.78, 5) is 31.6. The van der Waals surface area contributed by atoms with Crippen LogP contribution in [0.25, 0.3) is 0 Å². The SMILES string of the molecule is COc1c(OCCCNCCCc2ccccc2)cccc1[C@H]1O[C@H](CC(=O)N(C)Cc2ccccc2)C(=O)N(CC(C)(C)C)c2ccc(Cl)cc21. The van der Waals surface area contributed by atoms with Gasteiger partial charge in [-0.2, -0.15) is 0 Å².